The number of hydrogen-bond donors (Lipinski definition) is 2. The van der Waals surface area contributed by atoms with Crippen molar-refractivity contribution in [1.82, 2.24) is 15.3 Å². The molecule has 0 aromatic carbocycles. The van der Waals surface area contributed by atoms with E-state index in [-0.39, 0.29) is 23.2 Å². The Hall–Kier alpha value is -2.84. The van der Waals surface area contributed by atoms with Gasteiger partial charge in [-0.1, -0.05) is 0 Å². The minimum absolute atomic E-state index is 0.0141. The largest absolute Gasteiger partial charge is 0.482 e. The third-order valence-corrected chi connectivity index (χ3v) is 3.55. The number of hydrogen-bond acceptors (Lipinski definition) is 5. The van der Waals surface area contributed by atoms with Crippen LogP contribution in [0.3, 0.4) is 0 Å². The summed E-state index contributed by atoms with van der Waals surface area (Å²) in [6.45, 7) is 1.88. The van der Waals surface area contributed by atoms with Crippen LogP contribution >= 0.6 is 0 Å². The number of carbonyl (C=O) groups is 1. The lowest BCUT2D eigenvalue weighted by atomic mass is 10.1. The first-order chi connectivity index (χ1) is 12.2. The van der Waals surface area contributed by atoms with Crippen LogP contribution in [-0.4, -0.2) is 35.7 Å². The number of aryl methyl sites for hydroxylation is 1. The van der Waals surface area contributed by atoms with Gasteiger partial charge < -0.3 is 15.4 Å². The average Bonchev–Trinajstić information content (AvgIpc) is 2.59. The van der Waals surface area contributed by atoms with Crippen molar-refractivity contribution in [2.45, 2.75) is 26.1 Å². The third kappa shape index (κ3) is 5.33. The number of anilines is 1. The van der Waals surface area contributed by atoms with Crippen molar-refractivity contribution in [3.05, 3.63) is 47.4 Å². The van der Waals surface area contributed by atoms with Crippen molar-refractivity contribution in [2.24, 2.45) is 0 Å². The zero-order valence-electron chi connectivity index (χ0n) is 14.5. The van der Waals surface area contributed by atoms with E-state index in [1.165, 1.54) is 19.1 Å². The first-order valence-electron chi connectivity index (χ1n) is 7.81. The van der Waals surface area contributed by atoms with Gasteiger partial charge in [0.1, 0.15) is 17.3 Å². The van der Waals surface area contributed by atoms with Gasteiger partial charge >= 0.3 is 6.18 Å². The number of carbonyl (C=O) groups excluding carboxylic acids is 1. The minimum atomic E-state index is -4.44. The van der Waals surface area contributed by atoms with Gasteiger partial charge in [0.15, 0.2) is 6.61 Å². The Morgan fingerprint density at radius 2 is 2.04 bits per heavy atom. The summed E-state index contributed by atoms with van der Waals surface area (Å²) in [6.07, 6.45) is -2.81. The van der Waals surface area contributed by atoms with Crippen LogP contribution in [0.1, 0.15) is 34.7 Å². The Balaban J connectivity index is 2.06. The van der Waals surface area contributed by atoms with E-state index < -0.39 is 18.7 Å². The van der Waals surface area contributed by atoms with Crippen LogP contribution in [-0.2, 0) is 0 Å². The molecule has 0 fully saturated rings. The molecule has 2 heterocycles. The first-order valence-corrected chi connectivity index (χ1v) is 7.81. The molecule has 2 rings (SSSR count). The lowest BCUT2D eigenvalue weighted by Gasteiger charge is -2.16. The predicted molar refractivity (Wildman–Crippen MR) is 90.2 cm³/mol. The number of aromatic nitrogens is 2. The topological polar surface area (TPSA) is 76.1 Å². The van der Waals surface area contributed by atoms with Gasteiger partial charge in [0.05, 0.1) is 11.7 Å². The summed E-state index contributed by atoms with van der Waals surface area (Å²) in [6, 6.07) is 5.91. The first kappa shape index (κ1) is 19.5. The van der Waals surface area contributed by atoms with Crippen LogP contribution in [0.25, 0.3) is 0 Å². The number of halogens is 3. The Labute approximate surface area is 148 Å². The lowest BCUT2D eigenvalue weighted by molar-refractivity contribution is -0.153. The molecule has 0 saturated heterocycles. The van der Waals surface area contributed by atoms with E-state index in [1.807, 2.05) is 0 Å². The van der Waals surface area contributed by atoms with E-state index in [4.69, 9.17) is 0 Å². The molecule has 0 aliphatic carbocycles. The fourth-order valence-electron chi connectivity index (χ4n) is 2.19. The Bertz CT molecular complexity index is 781. The van der Waals surface area contributed by atoms with Gasteiger partial charge in [-0.3, -0.25) is 4.79 Å². The molecule has 2 aromatic rings. The third-order valence-electron chi connectivity index (χ3n) is 3.55. The van der Waals surface area contributed by atoms with Crippen molar-refractivity contribution >= 4 is 11.7 Å². The fourth-order valence-corrected chi connectivity index (χ4v) is 2.19. The summed E-state index contributed by atoms with van der Waals surface area (Å²) in [5, 5.41) is 5.70. The van der Waals surface area contributed by atoms with E-state index in [2.05, 4.69) is 25.3 Å². The maximum Gasteiger partial charge on any atom is 0.422 e. The van der Waals surface area contributed by atoms with Crippen LogP contribution < -0.4 is 15.4 Å². The molecule has 6 nitrogen and oxygen atoms in total. The van der Waals surface area contributed by atoms with Gasteiger partial charge in [-0.25, -0.2) is 9.97 Å². The monoisotopic (exact) mass is 368 g/mol. The smallest absolute Gasteiger partial charge is 0.422 e. The maximum absolute atomic E-state index is 12.3. The highest BCUT2D eigenvalue weighted by atomic mass is 19.4. The summed E-state index contributed by atoms with van der Waals surface area (Å²) in [5.41, 5.74) is 1.15. The normalized spacial score (nSPS) is 12.4. The van der Waals surface area contributed by atoms with Gasteiger partial charge in [0.25, 0.3) is 5.91 Å². The molecule has 0 bridgehead atoms. The second-order valence-corrected chi connectivity index (χ2v) is 5.60. The van der Waals surface area contributed by atoms with E-state index in [9.17, 15) is 18.0 Å². The number of amides is 1. The molecule has 1 unspecified atom stereocenters. The Kier molecular flexibility index (Phi) is 6.01. The van der Waals surface area contributed by atoms with Crippen molar-refractivity contribution in [2.75, 3.05) is 19.0 Å². The summed E-state index contributed by atoms with van der Waals surface area (Å²) in [4.78, 5) is 20.5. The standard InChI is InChI=1S/C17H19F3N4O2/c1-10(12-6-7-22-15(8-12)21-3)24-16(25)13-4-5-14(11(2)23-13)26-9-17(18,19)20/h4-8,10H,9H2,1-3H3,(H,21,22)(H,24,25). The number of pyridine rings is 2. The zero-order valence-corrected chi connectivity index (χ0v) is 14.5. The molecule has 1 amide bonds. The van der Waals surface area contributed by atoms with Crippen LogP contribution in [0.2, 0.25) is 0 Å². The number of ether oxygens (including phenoxy) is 1. The molecule has 1 atom stereocenters. The molecule has 2 aromatic heterocycles. The highest BCUT2D eigenvalue weighted by Crippen LogP contribution is 2.21. The summed E-state index contributed by atoms with van der Waals surface area (Å²) in [5.74, 6) is 0.217. The van der Waals surface area contributed by atoms with Crippen LogP contribution in [0.5, 0.6) is 5.75 Å². The molecule has 0 saturated carbocycles. The molecule has 2 N–H and O–H groups in total. The number of nitrogens with zero attached hydrogens (tertiary/aromatic N) is 2. The van der Waals surface area contributed by atoms with Gasteiger partial charge in [0.2, 0.25) is 0 Å². The minimum Gasteiger partial charge on any atom is -0.482 e. The molecule has 0 aliphatic rings. The second kappa shape index (κ2) is 8.03. The molecular formula is C17H19F3N4O2. The fraction of sp³-hybridized carbons (Fsp3) is 0.353. The van der Waals surface area contributed by atoms with Gasteiger partial charge in [-0.2, -0.15) is 13.2 Å². The summed E-state index contributed by atoms with van der Waals surface area (Å²) >= 11 is 0. The number of nitrogens with one attached hydrogen (secondary N) is 2. The molecular weight excluding hydrogens is 349 g/mol. The summed E-state index contributed by atoms with van der Waals surface area (Å²) in [7, 11) is 1.74. The van der Waals surface area contributed by atoms with Gasteiger partial charge in [-0.05, 0) is 43.7 Å². The molecule has 9 heteroatoms. The molecule has 0 aliphatic heterocycles. The Morgan fingerprint density at radius 1 is 1.31 bits per heavy atom. The lowest BCUT2D eigenvalue weighted by Crippen LogP contribution is -2.27. The van der Waals surface area contributed by atoms with Crippen LogP contribution in [0, 0.1) is 6.92 Å². The van der Waals surface area contributed by atoms with E-state index in [0.29, 0.717) is 5.82 Å². The van der Waals surface area contributed by atoms with E-state index in [0.717, 1.165) is 5.56 Å². The highest BCUT2D eigenvalue weighted by molar-refractivity contribution is 5.92. The quantitative estimate of drug-likeness (QED) is 0.819. The van der Waals surface area contributed by atoms with E-state index >= 15 is 0 Å². The molecule has 0 radical (unpaired) electrons. The van der Waals surface area contributed by atoms with Crippen molar-refractivity contribution in [1.29, 1.82) is 0 Å². The molecule has 26 heavy (non-hydrogen) atoms. The van der Waals surface area contributed by atoms with Crippen LogP contribution in [0.4, 0.5) is 19.0 Å². The number of rotatable bonds is 6. The average molecular weight is 368 g/mol. The van der Waals surface area contributed by atoms with Crippen LogP contribution in [0.15, 0.2) is 30.5 Å². The summed E-state index contributed by atoms with van der Waals surface area (Å²) < 4.78 is 41.3. The molecule has 140 valence electrons. The number of alkyl halides is 3. The van der Waals surface area contributed by atoms with Crippen molar-refractivity contribution in [3.63, 3.8) is 0 Å². The SMILES string of the molecule is CNc1cc(C(C)NC(=O)c2ccc(OCC(F)(F)F)c(C)n2)ccn1. The van der Waals surface area contributed by atoms with E-state index in [1.54, 1.807) is 32.3 Å². The molecule has 0 spiro atoms. The predicted octanol–water partition coefficient (Wildman–Crippen LogP) is 3.26. The second-order valence-electron chi connectivity index (χ2n) is 5.60. The van der Waals surface area contributed by atoms with Gasteiger partial charge in [-0.15, -0.1) is 0 Å². The van der Waals surface area contributed by atoms with Crippen molar-refractivity contribution < 1.29 is 22.7 Å². The zero-order chi connectivity index (χ0) is 19.3. The maximum atomic E-state index is 12.3. The van der Waals surface area contributed by atoms with Crippen molar-refractivity contribution in [3.8, 4) is 5.75 Å². The highest BCUT2D eigenvalue weighted by Gasteiger charge is 2.28. The Morgan fingerprint density at radius 3 is 2.65 bits per heavy atom. The van der Waals surface area contributed by atoms with Gasteiger partial charge in [0, 0.05) is 13.2 Å².